The van der Waals surface area contributed by atoms with Gasteiger partial charge in [0.15, 0.2) is 0 Å². The molecule has 0 saturated carbocycles. The Morgan fingerprint density at radius 2 is 2.14 bits per heavy atom. The van der Waals surface area contributed by atoms with Crippen LogP contribution in [0.1, 0.15) is 11.5 Å². The highest BCUT2D eigenvalue weighted by Crippen LogP contribution is 2.20. The van der Waals surface area contributed by atoms with Gasteiger partial charge in [0.2, 0.25) is 0 Å². The fourth-order valence-electron chi connectivity index (χ4n) is 2.34. The molecule has 0 N–H and O–H groups in total. The Hall–Kier alpha value is -2.56. The molecule has 0 unspecified atom stereocenters. The molecule has 2 heterocycles. The van der Waals surface area contributed by atoms with Crippen molar-refractivity contribution in [3.05, 3.63) is 58.5 Å². The zero-order chi connectivity index (χ0) is 14.8. The summed E-state index contributed by atoms with van der Waals surface area (Å²) in [6, 6.07) is 9.20. The van der Waals surface area contributed by atoms with E-state index in [1.807, 2.05) is 19.1 Å². The summed E-state index contributed by atoms with van der Waals surface area (Å²) in [5.74, 6) is 2.35. The van der Waals surface area contributed by atoms with Gasteiger partial charge < -0.3 is 9.15 Å². The number of fused-ring (bicyclic) bond motifs is 1. The maximum absolute atomic E-state index is 12.5. The molecule has 0 radical (unpaired) electrons. The monoisotopic (exact) mass is 284 g/mol. The van der Waals surface area contributed by atoms with Gasteiger partial charge in [0, 0.05) is 13.0 Å². The van der Waals surface area contributed by atoms with E-state index in [1.165, 1.54) is 0 Å². The molecule has 0 atom stereocenters. The van der Waals surface area contributed by atoms with Crippen LogP contribution in [-0.2, 0) is 13.0 Å². The molecule has 21 heavy (non-hydrogen) atoms. The summed E-state index contributed by atoms with van der Waals surface area (Å²) in [5.41, 5.74) is 0.525. The average Bonchev–Trinajstić information content (AvgIpc) is 2.92. The number of furan rings is 1. The van der Waals surface area contributed by atoms with Gasteiger partial charge in [-0.25, -0.2) is 4.98 Å². The number of hydrogen-bond donors (Lipinski definition) is 0. The van der Waals surface area contributed by atoms with E-state index in [-0.39, 0.29) is 5.56 Å². The Bertz CT molecular complexity index is 833. The lowest BCUT2D eigenvalue weighted by atomic mass is 10.2. The number of hydrogen-bond acceptors (Lipinski definition) is 4. The van der Waals surface area contributed by atoms with E-state index in [0.717, 1.165) is 11.5 Å². The molecule has 1 aromatic carbocycles. The summed E-state index contributed by atoms with van der Waals surface area (Å²) in [4.78, 5) is 16.8. The van der Waals surface area contributed by atoms with Gasteiger partial charge in [0.25, 0.3) is 5.56 Å². The maximum Gasteiger partial charge on any atom is 0.261 e. The summed E-state index contributed by atoms with van der Waals surface area (Å²) >= 11 is 0. The predicted molar refractivity (Wildman–Crippen MR) is 79.7 cm³/mol. The lowest BCUT2D eigenvalue weighted by Gasteiger charge is -2.07. The minimum Gasteiger partial charge on any atom is -0.494 e. The minimum atomic E-state index is -0.0674. The minimum absolute atomic E-state index is 0.0674. The number of aromatic nitrogens is 2. The fraction of sp³-hybridized carbons (Fsp3) is 0.250. The Kier molecular flexibility index (Phi) is 3.48. The molecule has 5 nitrogen and oxygen atoms in total. The summed E-state index contributed by atoms with van der Waals surface area (Å²) in [5, 5.41) is 0.562. The lowest BCUT2D eigenvalue weighted by molar-refractivity contribution is 0.418. The molecule has 2 aromatic heterocycles. The fourth-order valence-corrected chi connectivity index (χ4v) is 2.34. The molecular formula is C16H16N2O3. The highest BCUT2D eigenvalue weighted by Gasteiger charge is 2.08. The van der Waals surface area contributed by atoms with Gasteiger partial charge in [-0.15, -0.1) is 0 Å². The van der Waals surface area contributed by atoms with Crippen molar-refractivity contribution in [2.24, 2.45) is 0 Å². The first-order valence-corrected chi connectivity index (χ1v) is 6.76. The first-order valence-electron chi connectivity index (χ1n) is 6.76. The van der Waals surface area contributed by atoms with Crippen molar-refractivity contribution < 1.29 is 9.15 Å². The molecule has 0 spiro atoms. The molecular weight excluding hydrogens is 268 g/mol. The zero-order valence-corrected chi connectivity index (χ0v) is 12.0. The molecule has 3 aromatic rings. The van der Waals surface area contributed by atoms with Crippen LogP contribution in [0.15, 0.2) is 45.9 Å². The lowest BCUT2D eigenvalue weighted by Crippen LogP contribution is -2.21. The second-order valence-electron chi connectivity index (χ2n) is 4.86. The van der Waals surface area contributed by atoms with Gasteiger partial charge in [-0.05, 0) is 31.2 Å². The molecule has 0 fully saturated rings. The topological polar surface area (TPSA) is 57.3 Å². The van der Waals surface area contributed by atoms with E-state index in [1.54, 1.807) is 36.2 Å². The summed E-state index contributed by atoms with van der Waals surface area (Å²) < 4.78 is 12.3. The van der Waals surface area contributed by atoms with Gasteiger partial charge in [-0.3, -0.25) is 9.36 Å². The molecule has 5 heteroatoms. The second kappa shape index (κ2) is 5.44. The maximum atomic E-state index is 12.5. The van der Waals surface area contributed by atoms with E-state index >= 15 is 0 Å². The Morgan fingerprint density at radius 1 is 1.29 bits per heavy atom. The Labute approximate surface area is 121 Å². The third-order valence-electron chi connectivity index (χ3n) is 3.43. The first kappa shape index (κ1) is 13.4. The molecule has 108 valence electrons. The van der Waals surface area contributed by atoms with Crippen LogP contribution in [-0.4, -0.2) is 16.7 Å². The normalized spacial score (nSPS) is 11.0. The number of benzene rings is 1. The van der Waals surface area contributed by atoms with E-state index in [9.17, 15) is 4.79 Å². The van der Waals surface area contributed by atoms with Crippen LogP contribution in [0.25, 0.3) is 10.9 Å². The standard InChI is InChI=1S/C16H16N2O3/c1-11-6-7-12(21-11)8-9-18-10-17-15-13(16(18)19)4-3-5-14(15)20-2/h3-7,10H,8-9H2,1-2H3. The summed E-state index contributed by atoms with van der Waals surface area (Å²) in [6.45, 7) is 2.44. The van der Waals surface area contributed by atoms with Crippen LogP contribution < -0.4 is 10.3 Å². The largest absolute Gasteiger partial charge is 0.494 e. The number of rotatable bonds is 4. The molecule has 0 bridgehead atoms. The van der Waals surface area contributed by atoms with Crippen molar-refractivity contribution in [1.82, 2.24) is 9.55 Å². The molecule has 0 saturated heterocycles. The molecule has 0 aliphatic heterocycles. The van der Waals surface area contributed by atoms with Crippen LogP contribution in [0.4, 0.5) is 0 Å². The van der Waals surface area contributed by atoms with Crippen molar-refractivity contribution in [3.63, 3.8) is 0 Å². The van der Waals surface area contributed by atoms with Crippen LogP contribution in [0, 0.1) is 6.92 Å². The van der Waals surface area contributed by atoms with Crippen LogP contribution in [0.2, 0.25) is 0 Å². The summed E-state index contributed by atoms with van der Waals surface area (Å²) in [6.07, 6.45) is 2.22. The number of aryl methyl sites for hydroxylation is 3. The number of para-hydroxylation sites is 1. The average molecular weight is 284 g/mol. The first-order chi connectivity index (χ1) is 10.2. The van der Waals surface area contributed by atoms with E-state index in [0.29, 0.717) is 29.6 Å². The van der Waals surface area contributed by atoms with Crippen LogP contribution >= 0.6 is 0 Å². The number of methoxy groups -OCH3 is 1. The second-order valence-corrected chi connectivity index (χ2v) is 4.86. The van der Waals surface area contributed by atoms with Crippen molar-refractivity contribution >= 4 is 10.9 Å². The quantitative estimate of drug-likeness (QED) is 0.738. The highest BCUT2D eigenvalue weighted by atomic mass is 16.5. The Morgan fingerprint density at radius 3 is 2.86 bits per heavy atom. The predicted octanol–water partition coefficient (Wildman–Crippen LogP) is 2.55. The number of nitrogens with zero attached hydrogens (tertiary/aromatic N) is 2. The smallest absolute Gasteiger partial charge is 0.261 e. The third kappa shape index (κ3) is 2.54. The van der Waals surface area contributed by atoms with E-state index in [4.69, 9.17) is 9.15 Å². The van der Waals surface area contributed by atoms with Crippen molar-refractivity contribution in [2.75, 3.05) is 7.11 Å². The molecule has 0 amide bonds. The number of ether oxygens (including phenoxy) is 1. The van der Waals surface area contributed by atoms with Crippen molar-refractivity contribution in [1.29, 1.82) is 0 Å². The van der Waals surface area contributed by atoms with Gasteiger partial charge in [-0.1, -0.05) is 6.07 Å². The zero-order valence-electron chi connectivity index (χ0n) is 12.0. The third-order valence-corrected chi connectivity index (χ3v) is 3.43. The SMILES string of the molecule is COc1cccc2c(=O)n(CCc3ccc(C)o3)cnc12. The van der Waals surface area contributed by atoms with Gasteiger partial charge >= 0.3 is 0 Å². The van der Waals surface area contributed by atoms with E-state index < -0.39 is 0 Å². The van der Waals surface area contributed by atoms with Gasteiger partial charge in [-0.2, -0.15) is 0 Å². The molecule has 3 rings (SSSR count). The van der Waals surface area contributed by atoms with Gasteiger partial charge in [0.05, 0.1) is 18.8 Å². The van der Waals surface area contributed by atoms with Crippen molar-refractivity contribution in [2.45, 2.75) is 19.9 Å². The van der Waals surface area contributed by atoms with Crippen molar-refractivity contribution in [3.8, 4) is 5.75 Å². The molecule has 0 aliphatic carbocycles. The van der Waals surface area contributed by atoms with Crippen LogP contribution in [0.5, 0.6) is 5.75 Å². The van der Waals surface area contributed by atoms with Crippen LogP contribution in [0.3, 0.4) is 0 Å². The Balaban J connectivity index is 1.93. The van der Waals surface area contributed by atoms with E-state index in [2.05, 4.69) is 4.98 Å². The van der Waals surface area contributed by atoms with Gasteiger partial charge in [0.1, 0.15) is 22.8 Å². The molecule has 0 aliphatic rings. The summed E-state index contributed by atoms with van der Waals surface area (Å²) in [7, 11) is 1.57. The highest BCUT2D eigenvalue weighted by molar-refractivity contribution is 5.83.